The van der Waals surface area contributed by atoms with Gasteiger partial charge >= 0.3 is 0 Å². The lowest BCUT2D eigenvalue weighted by molar-refractivity contribution is 0.603. The Morgan fingerprint density at radius 2 is 1.86 bits per heavy atom. The molecule has 0 aliphatic heterocycles. The number of anilines is 2. The molecule has 3 aromatic rings. The largest absolute Gasteiger partial charge is 0.398 e. The summed E-state index contributed by atoms with van der Waals surface area (Å²) in [5, 5.41) is 1.53. The summed E-state index contributed by atoms with van der Waals surface area (Å²) in [6.07, 6.45) is 0. The van der Waals surface area contributed by atoms with E-state index < -0.39 is 10.0 Å². The molecule has 0 saturated carbocycles. The summed E-state index contributed by atoms with van der Waals surface area (Å²) >= 11 is 7.00. The average Bonchev–Trinajstić information content (AvgIpc) is 2.87. The second kappa shape index (κ2) is 5.14. The van der Waals surface area contributed by atoms with Gasteiger partial charge in [0.2, 0.25) is 0 Å². The molecule has 3 rings (SSSR count). The number of rotatable bonds is 3. The van der Waals surface area contributed by atoms with Gasteiger partial charge in [-0.15, -0.1) is 11.3 Å². The van der Waals surface area contributed by atoms with Crippen molar-refractivity contribution in [2.24, 2.45) is 0 Å². The highest BCUT2D eigenvalue weighted by Crippen LogP contribution is 2.27. The van der Waals surface area contributed by atoms with Crippen LogP contribution in [0, 0.1) is 0 Å². The molecule has 108 valence electrons. The molecule has 0 aliphatic carbocycles. The molecular weight excluding hydrogens is 332 g/mol. The Bertz CT molecular complexity index is 924. The molecule has 3 N–H and O–H groups in total. The number of nitrogen functional groups attached to an aromatic ring is 1. The van der Waals surface area contributed by atoms with Crippen LogP contribution in [0.1, 0.15) is 0 Å². The number of nitrogens with two attached hydrogens (primary N) is 1. The zero-order valence-corrected chi connectivity index (χ0v) is 12.8. The van der Waals surface area contributed by atoms with E-state index in [1.54, 1.807) is 29.6 Å². The molecule has 0 saturated heterocycles. The van der Waals surface area contributed by atoms with Crippen LogP contribution < -0.4 is 10.5 Å². The fourth-order valence-electron chi connectivity index (χ4n) is 1.69. The molecule has 6 nitrogen and oxygen atoms in total. The van der Waals surface area contributed by atoms with Crippen molar-refractivity contribution < 1.29 is 8.42 Å². The number of hydrogen-bond acceptors (Lipinski definition) is 6. The minimum absolute atomic E-state index is 0.0117. The van der Waals surface area contributed by atoms with Crippen LogP contribution in [0.2, 0.25) is 5.15 Å². The fraction of sp³-hybridized carbons (Fsp3) is 0. The molecule has 0 atom stereocenters. The minimum atomic E-state index is -3.78. The topological polar surface area (TPSA) is 98.0 Å². The number of thiophene rings is 1. The third-order valence-corrected chi connectivity index (χ3v) is 5.68. The van der Waals surface area contributed by atoms with Gasteiger partial charge in [-0.05, 0) is 18.2 Å². The normalized spacial score (nSPS) is 11.7. The molecule has 0 amide bonds. The number of sulfonamides is 1. The van der Waals surface area contributed by atoms with Crippen LogP contribution in [-0.4, -0.2) is 18.4 Å². The van der Waals surface area contributed by atoms with Gasteiger partial charge < -0.3 is 5.73 Å². The number of nitrogens with one attached hydrogen (secondary N) is 1. The molecule has 21 heavy (non-hydrogen) atoms. The molecule has 0 unspecified atom stereocenters. The third-order valence-electron chi connectivity index (χ3n) is 2.62. The van der Waals surface area contributed by atoms with Crippen molar-refractivity contribution in [2.45, 2.75) is 4.21 Å². The van der Waals surface area contributed by atoms with Crippen LogP contribution in [0.15, 0.2) is 39.9 Å². The lowest BCUT2D eigenvalue weighted by atomic mass is 10.3. The summed E-state index contributed by atoms with van der Waals surface area (Å²) in [7, 11) is -3.78. The summed E-state index contributed by atoms with van der Waals surface area (Å²) in [5.41, 5.74) is 7.06. The monoisotopic (exact) mass is 340 g/mol. The van der Waals surface area contributed by atoms with Crippen LogP contribution in [0.3, 0.4) is 0 Å². The van der Waals surface area contributed by atoms with E-state index in [1.807, 2.05) is 0 Å². The summed E-state index contributed by atoms with van der Waals surface area (Å²) in [5.74, 6) is -0.0117. The molecule has 0 spiro atoms. The first-order valence-corrected chi connectivity index (χ1v) is 8.49. The van der Waals surface area contributed by atoms with E-state index in [4.69, 9.17) is 17.3 Å². The highest BCUT2D eigenvalue weighted by molar-refractivity contribution is 7.94. The first-order chi connectivity index (χ1) is 9.95. The Kier molecular flexibility index (Phi) is 3.44. The summed E-state index contributed by atoms with van der Waals surface area (Å²) in [4.78, 5) is 8.29. The highest BCUT2D eigenvalue weighted by Gasteiger charge is 2.19. The van der Waals surface area contributed by atoms with Gasteiger partial charge in [0.25, 0.3) is 10.0 Å². The Morgan fingerprint density at radius 1 is 1.19 bits per heavy atom. The Labute approximate surface area is 129 Å². The maximum Gasteiger partial charge on any atom is 0.272 e. The number of para-hydroxylation sites is 2. The van der Waals surface area contributed by atoms with Crippen LogP contribution in [0.25, 0.3) is 11.0 Å². The number of aromatic nitrogens is 2. The van der Waals surface area contributed by atoms with E-state index >= 15 is 0 Å². The lowest BCUT2D eigenvalue weighted by Crippen LogP contribution is -2.13. The van der Waals surface area contributed by atoms with Crippen molar-refractivity contribution in [3.63, 3.8) is 0 Å². The van der Waals surface area contributed by atoms with Crippen molar-refractivity contribution in [1.82, 2.24) is 9.97 Å². The first kappa shape index (κ1) is 14.1. The number of fused-ring (bicyclic) bond motifs is 1. The second-order valence-corrected chi connectivity index (χ2v) is 7.33. The zero-order valence-electron chi connectivity index (χ0n) is 10.4. The van der Waals surface area contributed by atoms with E-state index in [1.165, 1.54) is 6.07 Å². The number of halogens is 1. The van der Waals surface area contributed by atoms with Crippen LogP contribution >= 0.6 is 22.9 Å². The van der Waals surface area contributed by atoms with Crippen molar-refractivity contribution in [3.8, 4) is 0 Å². The molecule has 0 radical (unpaired) electrons. The predicted octanol–water partition coefficient (Wildman–Crippen LogP) is 2.73. The number of benzene rings is 1. The Balaban J connectivity index is 2.03. The number of nitrogens with zero attached hydrogens (tertiary/aromatic N) is 2. The van der Waals surface area contributed by atoms with Crippen LogP contribution in [-0.2, 0) is 10.0 Å². The van der Waals surface area contributed by atoms with E-state index in [2.05, 4.69) is 14.7 Å². The number of hydrogen-bond donors (Lipinski definition) is 2. The molecule has 1 aromatic carbocycles. The average molecular weight is 341 g/mol. The van der Waals surface area contributed by atoms with Crippen LogP contribution in [0.4, 0.5) is 11.5 Å². The summed E-state index contributed by atoms with van der Waals surface area (Å²) < 4.78 is 26.9. The fourth-order valence-corrected chi connectivity index (χ4v) is 4.02. The van der Waals surface area contributed by atoms with Gasteiger partial charge in [0.15, 0.2) is 11.0 Å². The van der Waals surface area contributed by atoms with Gasteiger partial charge in [0.1, 0.15) is 4.21 Å². The minimum Gasteiger partial charge on any atom is -0.398 e. The Hall–Kier alpha value is -1.90. The van der Waals surface area contributed by atoms with Crippen LogP contribution in [0.5, 0.6) is 0 Å². The molecule has 0 fully saturated rings. The molecular formula is C12H9ClN4O2S2. The lowest BCUT2D eigenvalue weighted by Gasteiger charge is -2.07. The van der Waals surface area contributed by atoms with Gasteiger partial charge in [-0.2, -0.15) is 0 Å². The SMILES string of the molecule is Nc1csc(S(=O)(=O)Nc2nc3ccccc3nc2Cl)c1. The van der Waals surface area contributed by atoms with E-state index in [9.17, 15) is 8.42 Å². The van der Waals surface area contributed by atoms with E-state index in [0.29, 0.717) is 16.7 Å². The maximum absolute atomic E-state index is 12.2. The van der Waals surface area contributed by atoms with Gasteiger partial charge in [-0.1, -0.05) is 23.7 Å². The van der Waals surface area contributed by atoms with Crippen molar-refractivity contribution in [2.75, 3.05) is 10.5 Å². The van der Waals surface area contributed by atoms with Gasteiger partial charge in [0.05, 0.1) is 11.0 Å². The predicted molar refractivity (Wildman–Crippen MR) is 84.1 cm³/mol. The zero-order chi connectivity index (χ0) is 15.0. The van der Waals surface area contributed by atoms with Gasteiger partial charge in [0, 0.05) is 11.1 Å². The highest BCUT2D eigenvalue weighted by atomic mass is 35.5. The quantitative estimate of drug-likeness (QED) is 0.763. The molecule has 0 bridgehead atoms. The standard InChI is InChI=1S/C12H9ClN4O2S2/c13-11-12(16-9-4-2-1-3-8(9)15-11)17-21(18,19)10-5-7(14)6-20-10/h1-6H,14H2,(H,16,17). The van der Waals surface area contributed by atoms with E-state index in [0.717, 1.165) is 11.3 Å². The molecule has 9 heteroatoms. The third kappa shape index (κ3) is 2.78. The second-order valence-electron chi connectivity index (χ2n) is 4.16. The smallest absolute Gasteiger partial charge is 0.272 e. The summed E-state index contributed by atoms with van der Waals surface area (Å²) in [6, 6.07) is 8.41. The van der Waals surface area contributed by atoms with Crippen molar-refractivity contribution >= 4 is 55.5 Å². The molecule has 2 aromatic heterocycles. The van der Waals surface area contributed by atoms with Gasteiger partial charge in [-0.3, -0.25) is 4.72 Å². The first-order valence-electron chi connectivity index (χ1n) is 5.75. The van der Waals surface area contributed by atoms with Gasteiger partial charge in [-0.25, -0.2) is 18.4 Å². The molecule has 2 heterocycles. The maximum atomic E-state index is 12.2. The summed E-state index contributed by atoms with van der Waals surface area (Å²) in [6.45, 7) is 0. The van der Waals surface area contributed by atoms with Crippen molar-refractivity contribution in [1.29, 1.82) is 0 Å². The molecule has 0 aliphatic rings. The van der Waals surface area contributed by atoms with E-state index in [-0.39, 0.29) is 15.2 Å². The van der Waals surface area contributed by atoms with Crippen molar-refractivity contribution in [3.05, 3.63) is 40.9 Å². The Morgan fingerprint density at radius 3 is 2.48 bits per heavy atom.